The highest BCUT2D eigenvalue weighted by Crippen LogP contribution is 2.27. The fourth-order valence-electron chi connectivity index (χ4n) is 0.878. The van der Waals surface area contributed by atoms with Crippen molar-refractivity contribution in [3.05, 3.63) is 20.3 Å². The van der Waals surface area contributed by atoms with Crippen molar-refractivity contribution in [2.75, 3.05) is 0 Å². The second kappa shape index (κ2) is 3.50. The van der Waals surface area contributed by atoms with Crippen LogP contribution in [0.5, 0.6) is 0 Å². The lowest BCUT2D eigenvalue weighted by molar-refractivity contribution is -0.116. The van der Waals surface area contributed by atoms with Crippen LogP contribution >= 0.6 is 27.3 Å². The van der Waals surface area contributed by atoms with Gasteiger partial charge in [-0.2, -0.15) is 0 Å². The molecule has 0 aliphatic heterocycles. The van der Waals surface area contributed by atoms with Crippen molar-refractivity contribution in [3.63, 3.8) is 0 Å². The van der Waals surface area contributed by atoms with E-state index in [9.17, 15) is 4.79 Å². The average molecular weight is 233 g/mol. The number of hydrogen-bond acceptors (Lipinski definition) is 2. The summed E-state index contributed by atoms with van der Waals surface area (Å²) in [6, 6.07) is 2.04. The Kier molecular flexibility index (Phi) is 2.84. The van der Waals surface area contributed by atoms with Gasteiger partial charge in [0.25, 0.3) is 0 Å². The molecule has 1 nitrogen and oxygen atoms in total. The highest BCUT2D eigenvalue weighted by Gasteiger charge is 2.05. The van der Waals surface area contributed by atoms with E-state index in [1.165, 1.54) is 4.88 Å². The fraction of sp³-hybridized carbons (Fsp3) is 0.375. The Labute approximate surface area is 78.6 Å². The van der Waals surface area contributed by atoms with E-state index in [0.717, 1.165) is 9.35 Å². The smallest absolute Gasteiger partial charge is 0.135 e. The lowest BCUT2D eigenvalue weighted by Crippen LogP contribution is -1.93. The highest BCUT2D eigenvalue weighted by atomic mass is 79.9. The van der Waals surface area contributed by atoms with Gasteiger partial charge in [0.15, 0.2) is 0 Å². The number of halogens is 1. The van der Waals surface area contributed by atoms with Crippen LogP contribution in [-0.2, 0) is 11.2 Å². The molecule has 0 N–H and O–H groups in total. The zero-order valence-corrected chi connectivity index (χ0v) is 8.88. The Hall–Kier alpha value is -0.150. The van der Waals surface area contributed by atoms with E-state index < -0.39 is 0 Å². The molecule has 1 aromatic heterocycles. The molecular formula is C8H9BrOS. The maximum absolute atomic E-state index is 10.8. The minimum Gasteiger partial charge on any atom is -0.300 e. The van der Waals surface area contributed by atoms with Crippen molar-refractivity contribution in [1.82, 2.24) is 0 Å². The summed E-state index contributed by atoms with van der Waals surface area (Å²) in [5.74, 6) is 0.215. The Morgan fingerprint density at radius 2 is 2.36 bits per heavy atom. The van der Waals surface area contributed by atoms with Crippen LogP contribution in [0.25, 0.3) is 0 Å². The second-order valence-electron chi connectivity index (χ2n) is 2.51. The first-order valence-corrected chi connectivity index (χ1v) is 4.95. The quantitative estimate of drug-likeness (QED) is 0.767. The minimum atomic E-state index is 0.215. The molecule has 0 saturated heterocycles. The summed E-state index contributed by atoms with van der Waals surface area (Å²) in [6.07, 6.45) is 0.555. The highest BCUT2D eigenvalue weighted by molar-refractivity contribution is 9.10. The number of rotatable bonds is 2. The van der Waals surface area contributed by atoms with Gasteiger partial charge in [-0.25, -0.2) is 0 Å². The topological polar surface area (TPSA) is 17.1 Å². The first-order valence-electron chi connectivity index (χ1n) is 3.34. The first kappa shape index (κ1) is 8.94. The molecule has 0 aliphatic carbocycles. The molecule has 0 amide bonds. The van der Waals surface area contributed by atoms with Crippen molar-refractivity contribution in [2.24, 2.45) is 0 Å². The van der Waals surface area contributed by atoms with E-state index in [1.54, 1.807) is 18.3 Å². The average Bonchev–Trinajstić information content (AvgIpc) is 2.09. The van der Waals surface area contributed by atoms with Crippen molar-refractivity contribution in [1.29, 1.82) is 0 Å². The normalized spacial score (nSPS) is 10.1. The largest absolute Gasteiger partial charge is 0.300 e. The van der Waals surface area contributed by atoms with Gasteiger partial charge < -0.3 is 0 Å². The van der Waals surface area contributed by atoms with Crippen LogP contribution in [0.1, 0.15) is 16.7 Å². The maximum Gasteiger partial charge on any atom is 0.135 e. The lowest BCUT2D eigenvalue weighted by atomic mass is 10.3. The van der Waals surface area contributed by atoms with E-state index in [0.29, 0.717) is 6.42 Å². The van der Waals surface area contributed by atoms with Crippen LogP contribution in [0.2, 0.25) is 0 Å². The van der Waals surface area contributed by atoms with Gasteiger partial charge in [-0.15, -0.1) is 11.3 Å². The third kappa shape index (κ3) is 2.42. The summed E-state index contributed by atoms with van der Waals surface area (Å²) in [7, 11) is 0. The predicted octanol–water partition coefficient (Wildman–Crippen LogP) is 2.95. The van der Waals surface area contributed by atoms with Gasteiger partial charge in [0.2, 0.25) is 0 Å². The number of ketones is 1. The molecule has 0 bridgehead atoms. The minimum absolute atomic E-state index is 0.215. The molecule has 0 aliphatic rings. The number of Topliss-reactive ketones (excluding diaryl/α,β-unsaturated/α-hetero) is 1. The van der Waals surface area contributed by atoms with Crippen LogP contribution in [0.4, 0.5) is 0 Å². The molecule has 1 aromatic rings. The van der Waals surface area contributed by atoms with Crippen molar-refractivity contribution in [3.8, 4) is 0 Å². The third-order valence-corrected chi connectivity index (χ3v) is 3.31. The number of thiophene rings is 1. The van der Waals surface area contributed by atoms with E-state index in [-0.39, 0.29) is 5.78 Å². The molecule has 11 heavy (non-hydrogen) atoms. The number of aryl methyl sites for hydroxylation is 1. The fourth-order valence-corrected chi connectivity index (χ4v) is 2.75. The molecule has 0 spiro atoms. The molecule has 3 heteroatoms. The molecule has 1 heterocycles. The molecular weight excluding hydrogens is 224 g/mol. The molecule has 0 unspecified atom stereocenters. The van der Waals surface area contributed by atoms with E-state index in [4.69, 9.17) is 0 Å². The van der Waals surface area contributed by atoms with Crippen LogP contribution in [0.3, 0.4) is 0 Å². The van der Waals surface area contributed by atoms with Crippen LogP contribution < -0.4 is 0 Å². The van der Waals surface area contributed by atoms with Gasteiger partial charge in [-0.1, -0.05) is 0 Å². The Bertz CT molecular complexity index is 278. The Morgan fingerprint density at radius 1 is 1.73 bits per heavy atom. The van der Waals surface area contributed by atoms with Crippen molar-refractivity contribution in [2.45, 2.75) is 20.3 Å². The third-order valence-electron chi connectivity index (χ3n) is 1.29. The SMILES string of the molecule is CC(=O)Cc1sc(C)cc1Br. The summed E-state index contributed by atoms with van der Waals surface area (Å²) in [6.45, 7) is 3.65. The molecule has 60 valence electrons. The van der Waals surface area contributed by atoms with Gasteiger partial charge in [-0.05, 0) is 35.8 Å². The van der Waals surface area contributed by atoms with Crippen LogP contribution in [0.15, 0.2) is 10.5 Å². The van der Waals surface area contributed by atoms with E-state index >= 15 is 0 Å². The van der Waals surface area contributed by atoms with Crippen LogP contribution in [-0.4, -0.2) is 5.78 Å². The van der Waals surface area contributed by atoms with Crippen molar-refractivity contribution >= 4 is 33.0 Å². The summed E-state index contributed by atoms with van der Waals surface area (Å²) < 4.78 is 1.07. The lowest BCUT2D eigenvalue weighted by Gasteiger charge is -1.90. The van der Waals surface area contributed by atoms with Crippen molar-refractivity contribution < 1.29 is 4.79 Å². The summed E-state index contributed by atoms with van der Waals surface area (Å²) in [5, 5.41) is 0. The predicted molar refractivity (Wildman–Crippen MR) is 51.1 cm³/mol. The maximum atomic E-state index is 10.8. The Morgan fingerprint density at radius 3 is 2.73 bits per heavy atom. The number of carbonyl (C=O) groups excluding carboxylic acids is 1. The molecule has 0 radical (unpaired) electrons. The van der Waals surface area contributed by atoms with Gasteiger partial charge in [0, 0.05) is 20.6 Å². The number of carbonyl (C=O) groups is 1. The van der Waals surface area contributed by atoms with Gasteiger partial charge in [0.05, 0.1) is 0 Å². The zero-order valence-electron chi connectivity index (χ0n) is 6.48. The summed E-state index contributed by atoms with van der Waals surface area (Å²) in [5.41, 5.74) is 0. The van der Waals surface area contributed by atoms with Crippen LogP contribution in [0, 0.1) is 6.92 Å². The van der Waals surface area contributed by atoms with E-state index in [1.807, 2.05) is 13.0 Å². The second-order valence-corrected chi connectivity index (χ2v) is 4.70. The van der Waals surface area contributed by atoms with Gasteiger partial charge >= 0.3 is 0 Å². The van der Waals surface area contributed by atoms with E-state index in [2.05, 4.69) is 15.9 Å². The molecule has 0 aromatic carbocycles. The number of hydrogen-bond donors (Lipinski definition) is 0. The van der Waals surface area contributed by atoms with Gasteiger partial charge in [-0.3, -0.25) is 4.79 Å². The Balaban J connectivity index is 2.85. The molecule has 0 atom stereocenters. The monoisotopic (exact) mass is 232 g/mol. The summed E-state index contributed by atoms with van der Waals surface area (Å²) in [4.78, 5) is 13.1. The van der Waals surface area contributed by atoms with Gasteiger partial charge in [0.1, 0.15) is 5.78 Å². The molecule has 1 rings (SSSR count). The molecule has 0 fully saturated rings. The summed E-state index contributed by atoms with van der Waals surface area (Å²) >= 11 is 5.08. The first-order chi connectivity index (χ1) is 5.09. The molecule has 0 saturated carbocycles. The standard InChI is InChI=1S/C8H9BrOS/c1-5(10)3-8-7(9)4-6(2)11-8/h4H,3H2,1-2H3. The zero-order chi connectivity index (χ0) is 8.43.